The van der Waals surface area contributed by atoms with Gasteiger partial charge in [0, 0.05) is 19.1 Å². The quantitative estimate of drug-likeness (QED) is 0.801. The molecule has 1 unspecified atom stereocenters. The normalized spacial score (nSPS) is 21.0. The monoisotopic (exact) mass is 262 g/mol. The molecule has 1 heterocycles. The average molecular weight is 262 g/mol. The van der Waals surface area contributed by atoms with Crippen LogP contribution < -0.4 is 10.5 Å². The number of ether oxygens (including phenoxy) is 1. The first-order chi connectivity index (χ1) is 9.40. The zero-order valence-electron chi connectivity index (χ0n) is 11.8. The zero-order valence-corrected chi connectivity index (χ0v) is 11.8. The van der Waals surface area contributed by atoms with Gasteiger partial charge >= 0.3 is 0 Å². The zero-order chi connectivity index (χ0) is 13.3. The lowest BCUT2D eigenvalue weighted by Crippen LogP contribution is -2.41. The molecule has 0 aliphatic carbocycles. The van der Waals surface area contributed by atoms with Crippen molar-refractivity contribution in [2.45, 2.75) is 38.1 Å². The summed E-state index contributed by atoms with van der Waals surface area (Å²) in [4.78, 5) is 2.56. The Morgan fingerprint density at radius 3 is 2.79 bits per heavy atom. The van der Waals surface area contributed by atoms with Gasteiger partial charge in [0.25, 0.3) is 0 Å². The van der Waals surface area contributed by atoms with Crippen molar-refractivity contribution in [1.82, 2.24) is 4.90 Å². The van der Waals surface area contributed by atoms with Crippen LogP contribution >= 0.6 is 0 Å². The number of hydrogen-bond donors (Lipinski definition) is 1. The summed E-state index contributed by atoms with van der Waals surface area (Å²) in [6, 6.07) is 10.6. The molecule has 3 nitrogen and oxygen atoms in total. The first kappa shape index (κ1) is 14.4. The topological polar surface area (TPSA) is 38.5 Å². The summed E-state index contributed by atoms with van der Waals surface area (Å²) in [6.07, 6.45) is 6.34. The van der Waals surface area contributed by atoms with Crippen molar-refractivity contribution in [1.29, 1.82) is 0 Å². The van der Waals surface area contributed by atoms with Gasteiger partial charge in [-0.3, -0.25) is 4.90 Å². The lowest BCUT2D eigenvalue weighted by molar-refractivity contribution is 0.185. The number of nitrogens with zero attached hydrogens (tertiary/aromatic N) is 1. The van der Waals surface area contributed by atoms with E-state index in [4.69, 9.17) is 10.5 Å². The van der Waals surface area contributed by atoms with Crippen molar-refractivity contribution in [2.24, 2.45) is 5.73 Å². The van der Waals surface area contributed by atoms with Gasteiger partial charge in [-0.05, 0) is 37.9 Å². The molecule has 0 bridgehead atoms. The molecule has 1 aromatic rings. The van der Waals surface area contributed by atoms with Crippen LogP contribution in [0.1, 0.15) is 32.1 Å². The highest BCUT2D eigenvalue weighted by Crippen LogP contribution is 2.16. The van der Waals surface area contributed by atoms with Crippen molar-refractivity contribution in [3.63, 3.8) is 0 Å². The summed E-state index contributed by atoms with van der Waals surface area (Å²) < 4.78 is 5.74. The Hall–Kier alpha value is -1.06. The van der Waals surface area contributed by atoms with E-state index in [0.717, 1.165) is 31.9 Å². The van der Waals surface area contributed by atoms with Crippen LogP contribution in [0.2, 0.25) is 0 Å². The largest absolute Gasteiger partial charge is 0.494 e. The molecule has 2 N–H and O–H groups in total. The first-order valence-corrected chi connectivity index (χ1v) is 7.52. The van der Waals surface area contributed by atoms with E-state index >= 15 is 0 Å². The molecule has 1 aliphatic rings. The van der Waals surface area contributed by atoms with Crippen LogP contribution in [-0.2, 0) is 0 Å². The maximum Gasteiger partial charge on any atom is 0.119 e. The predicted octanol–water partition coefficient (Wildman–Crippen LogP) is 2.66. The standard InChI is InChI=1S/C16H26N2O/c17-14-15-8-3-2-6-11-18(15)12-7-13-19-16-9-4-1-5-10-16/h1,4-5,9-10,15H,2-3,6-8,11-14,17H2. The molecule has 1 aromatic carbocycles. The summed E-state index contributed by atoms with van der Waals surface area (Å²) in [5, 5.41) is 0. The molecule has 0 spiro atoms. The minimum Gasteiger partial charge on any atom is -0.494 e. The highest BCUT2D eigenvalue weighted by Gasteiger charge is 2.18. The average Bonchev–Trinajstić information content (AvgIpc) is 2.69. The van der Waals surface area contributed by atoms with Gasteiger partial charge in [0.15, 0.2) is 0 Å². The highest BCUT2D eigenvalue weighted by atomic mass is 16.5. The molecule has 1 saturated heterocycles. The van der Waals surface area contributed by atoms with Gasteiger partial charge < -0.3 is 10.5 Å². The molecule has 3 heteroatoms. The molecule has 1 aliphatic heterocycles. The maximum absolute atomic E-state index is 5.89. The Balaban J connectivity index is 1.69. The summed E-state index contributed by atoms with van der Waals surface area (Å²) in [5.74, 6) is 0.966. The second-order valence-electron chi connectivity index (χ2n) is 5.29. The SMILES string of the molecule is NCC1CCCCCN1CCCOc1ccccc1. The molecular weight excluding hydrogens is 236 g/mol. The van der Waals surface area contributed by atoms with E-state index in [1.807, 2.05) is 30.3 Å². The lowest BCUT2D eigenvalue weighted by atomic mass is 10.1. The van der Waals surface area contributed by atoms with Crippen LogP contribution in [0, 0.1) is 0 Å². The molecule has 1 fully saturated rings. The fourth-order valence-corrected chi connectivity index (χ4v) is 2.77. The Morgan fingerprint density at radius 1 is 1.16 bits per heavy atom. The fraction of sp³-hybridized carbons (Fsp3) is 0.625. The molecular formula is C16H26N2O. The number of benzene rings is 1. The van der Waals surface area contributed by atoms with Crippen LogP contribution in [0.15, 0.2) is 30.3 Å². The van der Waals surface area contributed by atoms with E-state index in [1.165, 1.54) is 32.2 Å². The van der Waals surface area contributed by atoms with E-state index < -0.39 is 0 Å². The maximum atomic E-state index is 5.89. The van der Waals surface area contributed by atoms with E-state index in [1.54, 1.807) is 0 Å². The Bertz CT molecular complexity index is 342. The summed E-state index contributed by atoms with van der Waals surface area (Å²) in [6.45, 7) is 3.89. The second kappa shape index (κ2) is 8.18. The third kappa shape index (κ3) is 4.84. The van der Waals surface area contributed by atoms with Crippen molar-refractivity contribution >= 4 is 0 Å². The van der Waals surface area contributed by atoms with Crippen LogP contribution in [0.4, 0.5) is 0 Å². The van der Waals surface area contributed by atoms with Gasteiger partial charge in [-0.1, -0.05) is 31.0 Å². The lowest BCUT2D eigenvalue weighted by Gasteiger charge is -2.28. The van der Waals surface area contributed by atoms with Crippen LogP contribution in [0.3, 0.4) is 0 Å². The Morgan fingerprint density at radius 2 is 2.00 bits per heavy atom. The molecule has 0 saturated carbocycles. The molecule has 106 valence electrons. The van der Waals surface area contributed by atoms with E-state index in [2.05, 4.69) is 4.90 Å². The second-order valence-corrected chi connectivity index (χ2v) is 5.29. The fourth-order valence-electron chi connectivity index (χ4n) is 2.77. The predicted molar refractivity (Wildman–Crippen MR) is 79.4 cm³/mol. The van der Waals surface area contributed by atoms with Crippen molar-refractivity contribution < 1.29 is 4.74 Å². The smallest absolute Gasteiger partial charge is 0.119 e. The van der Waals surface area contributed by atoms with Crippen molar-refractivity contribution in [3.8, 4) is 5.75 Å². The molecule has 2 rings (SSSR count). The van der Waals surface area contributed by atoms with E-state index in [9.17, 15) is 0 Å². The van der Waals surface area contributed by atoms with Gasteiger partial charge in [0.05, 0.1) is 6.61 Å². The number of rotatable bonds is 6. The first-order valence-electron chi connectivity index (χ1n) is 7.52. The third-order valence-electron chi connectivity index (χ3n) is 3.87. The highest BCUT2D eigenvalue weighted by molar-refractivity contribution is 5.20. The number of hydrogen-bond acceptors (Lipinski definition) is 3. The van der Waals surface area contributed by atoms with Gasteiger partial charge in [-0.15, -0.1) is 0 Å². The summed E-state index contributed by atoms with van der Waals surface area (Å²) in [5.41, 5.74) is 5.89. The van der Waals surface area contributed by atoms with Crippen LogP contribution in [0.25, 0.3) is 0 Å². The Kier molecular flexibility index (Phi) is 6.18. The van der Waals surface area contributed by atoms with Gasteiger partial charge in [0.1, 0.15) is 5.75 Å². The van der Waals surface area contributed by atoms with Crippen molar-refractivity contribution in [3.05, 3.63) is 30.3 Å². The Labute approximate surface area is 116 Å². The minimum atomic E-state index is 0.583. The molecule has 0 aromatic heterocycles. The van der Waals surface area contributed by atoms with Crippen LogP contribution in [0.5, 0.6) is 5.75 Å². The van der Waals surface area contributed by atoms with E-state index in [0.29, 0.717) is 6.04 Å². The minimum absolute atomic E-state index is 0.583. The van der Waals surface area contributed by atoms with Crippen molar-refractivity contribution in [2.75, 3.05) is 26.2 Å². The van der Waals surface area contributed by atoms with Crippen LogP contribution in [-0.4, -0.2) is 37.2 Å². The van der Waals surface area contributed by atoms with E-state index in [-0.39, 0.29) is 0 Å². The summed E-state index contributed by atoms with van der Waals surface area (Å²) in [7, 11) is 0. The molecule has 0 radical (unpaired) electrons. The van der Waals surface area contributed by atoms with Gasteiger partial charge in [-0.25, -0.2) is 0 Å². The van der Waals surface area contributed by atoms with Gasteiger partial charge in [0.2, 0.25) is 0 Å². The molecule has 19 heavy (non-hydrogen) atoms. The summed E-state index contributed by atoms with van der Waals surface area (Å²) >= 11 is 0. The number of likely N-dealkylation sites (tertiary alicyclic amines) is 1. The van der Waals surface area contributed by atoms with Gasteiger partial charge in [-0.2, -0.15) is 0 Å². The molecule has 1 atom stereocenters. The number of para-hydroxylation sites is 1. The third-order valence-corrected chi connectivity index (χ3v) is 3.87. The molecule has 0 amide bonds. The number of nitrogens with two attached hydrogens (primary N) is 1.